The lowest BCUT2D eigenvalue weighted by atomic mass is 10.0. The molecule has 0 rings (SSSR count). The van der Waals surface area contributed by atoms with Crippen molar-refractivity contribution in [1.82, 2.24) is 0 Å². The van der Waals surface area contributed by atoms with E-state index in [1.807, 2.05) is 6.08 Å². The van der Waals surface area contributed by atoms with E-state index in [9.17, 15) is 4.79 Å². The molecule has 14 heavy (non-hydrogen) atoms. The zero-order chi connectivity index (χ0) is 10.8. The summed E-state index contributed by atoms with van der Waals surface area (Å²) in [7, 11) is 0. The smallest absolute Gasteiger partial charge is 0.132 e. The Kier molecular flexibility index (Phi) is 8.61. The molecule has 82 valence electrons. The largest absolute Gasteiger partial charge is 0.300 e. The quantitative estimate of drug-likeness (QED) is 0.400. The Morgan fingerprint density at radius 3 is 2.50 bits per heavy atom. The Hall–Kier alpha value is -0.590. The van der Waals surface area contributed by atoms with E-state index in [1.54, 1.807) is 0 Å². The fraction of sp³-hybridized carbons (Fsp3) is 0.769. The Balaban J connectivity index is 3.22. The van der Waals surface area contributed by atoms with Crippen LogP contribution in [0.15, 0.2) is 12.7 Å². The maximum Gasteiger partial charge on any atom is 0.132 e. The van der Waals surface area contributed by atoms with Crippen LogP contribution in [0.3, 0.4) is 0 Å². The summed E-state index contributed by atoms with van der Waals surface area (Å²) < 4.78 is 0. The highest BCUT2D eigenvalue weighted by Gasteiger charge is 2.02. The first-order chi connectivity index (χ1) is 6.66. The first-order valence-electron chi connectivity index (χ1n) is 5.79. The first-order valence-corrected chi connectivity index (χ1v) is 5.79. The van der Waals surface area contributed by atoms with Crippen LogP contribution in [0, 0.1) is 5.92 Å². The number of Topliss-reactive ketones (excluding diaryl/α,β-unsaturated/α-hetero) is 1. The highest BCUT2D eigenvalue weighted by Crippen LogP contribution is 2.09. The number of unbranched alkanes of at least 4 members (excludes halogenated alkanes) is 3. The molecule has 0 radical (unpaired) electrons. The van der Waals surface area contributed by atoms with Gasteiger partial charge in [0.05, 0.1) is 0 Å². The number of rotatable bonds is 9. The fourth-order valence-corrected chi connectivity index (χ4v) is 1.36. The molecule has 0 N–H and O–H groups in total. The minimum absolute atomic E-state index is 0.442. The molecular weight excluding hydrogens is 172 g/mol. The van der Waals surface area contributed by atoms with Gasteiger partial charge in [-0.25, -0.2) is 0 Å². The van der Waals surface area contributed by atoms with Gasteiger partial charge in [-0.1, -0.05) is 26.3 Å². The second-order valence-electron chi connectivity index (χ2n) is 4.36. The number of ketones is 1. The van der Waals surface area contributed by atoms with Crippen molar-refractivity contribution in [2.45, 2.75) is 58.8 Å². The molecule has 0 aromatic carbocycles. The molecule has 0 saturated carbocycles. The Morgan fingerprint density at radius 1 is 1.21 bits per heavy atom. The lowest BCUT2D eigenvalue weighted by molar-refractivity contribution is -0.119. The highest BCUT2D eigenvalue weighted by molar-refractivity contribution is 5.78. The van der Waals surface area contributed by atoms with Gasteiger partial charge in [0.2, 0.25) is 0 Å². The maximum absolute atomic E-state index is 11.4. The predicted octanol–water partition coefficient (Wildman–Crippen LogP) is 4.13. The summed E-state index contributed by atoms with van der Waals surface area (Å²) in [6.45, 7) is 8.00. The third-order valence-electron chi connectivity index (χ3n) is 2.36. The second-order valence-corrected chi connectivity index (χ2v) is 4.36. The summed E-state index contributed by atoms with van der Waals surface area (Å²) in [5.41, 5.74) is 0. The number of allylic oxidation sites excluding steroid dienone is 1. The molecule has 0 unspecified atom stereocenters. The van der Waals surface area contributed by atoms with Gasteiger partial charge in [0.1, 0.15) is 5.78 Å². The van der Waals surface area contributed by atoms with Gasteiger partial charge in [0.25, 0.3) is 0 Å². The number of hydrogen-bond donors (Lipinski definition) is 0. The maximum atomic E-state index is 11.4. The van der Waals surface area contributed by atoms with Gasteiger partial charge in [-0.3, -0.25) is 4.79 Å². The van der Waals surface area contributed by atoms with Crippen LogP contribution in [0.5, 0.6) is 0 Å². The molecular formula is C13H24O. The van der Waals surface area contributed by atoms with Gasteiger partial charge in [-0.2, -0.15) is 0 Å². The predicted molar refractivity (Wildman–Crippen MR) is 62.4 cm³/mol. The average molecular weight is 196 g/mol. The van der Waals surface area contributed by atoms with Crippen LogP contribution in [0.4, 0.5) is 0 Å². The molecule has 0 aliphatic rings. The Labute approximate surface area is 88.6 Å². The minimum atomic E-state index is 0.442. The van der Waals surface area contributed by atoms with E-state index in [1.165, 1.54) is 12.8 Å². The topological polar surface area (TPSA) is 17.1 Å². The summed E-state index contributed by atoms with van der Waals surface area (Å²) in [5.74, 6) is 1.09. The van der Waals surface area contributed by atoms with E-state index < -0.39 is 0 Å². The van der Waals surface area contributed by atoms with E-state index in [-0.39, 0.29) is 0 Å². The summed E-state index contributed by atoms with van der Waals surface area (Å²) in [5, 5.41) is 0. The van der Waals surface area contributed by atoms with Crippen molar-refractivity contribution in [2.24, 2.45) is 5.92 Å². The van der Waals surface area contributed by atoms with Crippen LogP contribution in [0.25, 0.3) is 0 Å². The van der Waals surface area contributed by atoms with Crippen molar-refractivity contribution in [3.05, 3.63) is 12.7 Å². The molecule has 0 aliphatic heterocycles. The lowest BCUT2D eigenvalue weighted by Crippen LogP contribution is -2.00. The van der Waals surface area contributed by atoms with Gasteiger partial charge in [0.15, 0.2) is 0 Å². The lowest BCUT2D eigenvalue weighted by Gasteiger charge is -2.03. The van der Waals surface area contributed by atoms with Crippen molar-refractivity contribution >= 4 is 5.78 Å². The van der Waals surface area contributed by atoms with Gasteiger partial charge in [-0.05, 0) is 31.6 Å². The van der Waals surface area contributed by atoms with E-state index in [0.717, 1.165) is 32.1 Å². The third-order valence-corrected chi connectivity index (χ3v) is 2.36. The molecule has 0 amide bonds. The normalized spacial score (nSPS) is 10.5. The van der Waals surface area contributed by atoms with Crippen molar-refractivity contribution in [3.8, 4) is 0 Å². The molecule has 0 aromatic heterocycles. The molecule has 0 heterocycles. The standard InChI is InChI=1S/C13H24O/c1-4-5-6-7-8-9-13(14)11-10-12(2)3/h4,12H,1,5-11H2,2-3H3. The third kappa shape index (κ3) is 9.50. The molecule has 0 fully saturated rings. The van der Waals surface area contributed by atoms with Crippen LogP contribution in [0.1, 0.15) is 58.8 Å². The summed E-state index contributed by atoms with van der Waals surface area (Å²) in [6.07, 6.45) is 9.04. The zero-order valence-electron chi connectivity index (χ0n) is 9.72. The molecule has 0 aromatic rings. The first kappa shape index (κ1) is 13.4. The number of carbonyl (C=O) groups excluding carboxylic acids is 1. The molecule has 0 atom stereocenters. The summed E-state index contributed by atoms with van der Waals surface area (Å²) in [4.78, 5) is 11.4. The van der Waals surface area contributed by atoms with E-state index in [0.29, 0.717) is 11.7 Å². The van der Waals surface area contributed by atoms with Crippen molar-refractivity contribution in [1.29, 1.82) is 0 Å². The molecule has 0 aliphatic carbocycles. The van der Waals surface area contributed by atoms with Crippen molar-refractivity contribution < 1.29 is 4.79 Å². The van der Waals surface area contributed by atoms with E-state index >= 15 is 0 Å². The van der Waals surface area contributed by atoms with Gasteiger partial charge in [-0.15, -0.1) is 6.58 Å². The Morgan fingerprint density at radius 2 is 1.93 bits per heavy atom. The van der Waals surface area contributed by atoms with Gasteiger partial charge >= 0.3 is 0 Å². The van der Waals surface area contributed by atoms with Crippen LogP contribution < -0.4 is 0 Å². The van der Waals surface area contributed by atoms with Crippen LogP contribution in [-0.4, -0.2) is 5.78 Å². The summed E-state index contributed by atoms with van der Waals surface area (Å²) in [6, 6.07) is 0. The molecule has 1 heteroatoms. The van der Waals surface area contributed by atoms with E-state index in [2.05, 4.69) is 20.4 Å². The second kappa shape index (κ2) is 8.98. The van der Waals surface area contributed by atoms with Crippen LogP contribution >= 0.6 is 0 Å². The van der Waals surface area contributed by atoms with Crippen molar-refractivity contribution in [2.75, 3.05) is 0 Å². The van der Waals surface area contributed by atoms with Gasteiger partial charge < -0.3 is 0 Å². The summed E-state index contributed by atoms with van der Waals surface area (Å²) >= 11 is 0. The zero-order valence-corrected chi connectivity index (χ0v) is 9.72. The molecule has 0 saturated heterocycles. The average Bonchev–Trinajstić information content (AvgIpc) is 2.14. The molecule has 0 spiro atoms. The number of hydrogen-bond acceptors (Lipinski definition) is 1. The SMILES string of the molecule is C=CCCCCCC(=O)CCC(C)C. The van der Waals surface area contributed by atoms with Crippen LogP contribution in [0.2, 0.25) is 0 Å². The minimum Gasteiger partial charge on any atom is -0.300 e. The molecule has 0 bridgehead atoms. The number of carbonyl (C=O) groups is 1. The highest BCUT2D eigenvalue weighted by atomic mass is 16.1. The van der Waals surface area contributed by atoms with Crippen LogP contribution in [-0.2, 0) is 4.79 Å². The van der Waals surface area contributed by atoms with Crippen molar-refractivity contribution in [3.63, 3.8) is 0 Å². The van der Waals surface area contributed by atoms with Gasteiger partial charge in [0, 0.05) is 12.8 Å². The molecule has 1 nitrogen and oxygen atoms in total. The monoisotopic (exact) mass is 196 g/mol. The Bertz CT molecular complexity index is 159. The van der Waals surface area contributed by atoms with E-state index in [4.69, 9.17) is 0 Å². The fourth-order valence-electron chi connectivity index (χ4n) is 1.36.